The number of rotatable bonds is 12. The van der Waals surface area contributed by atoms with Gasteiger partial charge in [0.05, 0.1) is 39.9 Å². The Morgan fingerprint density at radius 3 is 1.42 bits per heavy atom. The highest BCUT2D eigenvalue weighted by Crippen LogP contribution is 2.41. The third-order valence-electron chi connectivity index (χ3n) is 8.47. The predicted octanol–water partition coefficient (Wildman–Crippen LogP) is 6.33. The van der Waals surface area contributed by atoms with Crippen LogP contribution in [0.5, 0.6) is 23.0 Å². The van der Waals surface area contributed by atoms with Crippen molar-refractivity contribution in [3.05, 3.63) is 83.9 Å². The molecule has 50 heavy (non-hydrogen) atoms. The van der Waals surface area contributed by atoms with E-state index in [0.717, 1.165) is 21.9 Å². The summed E-state index contributed by atoms with van der Waals surface area (Å²) in [6.07, 6.45) is 7.83. The fraction of sp³-hybridized carbons (Fsp3) is 0.278. The number of anilines is 2. The average Bonchev–Trinajstić information content (AvgIpc) is 3.59. The SMILES string of the molecule is COc1ccc(/C=C/C2(C)SCC(=O)N2Nc2nnc(NN3C(=O)CSC3(C)/C=C/c3ccc(OC)c(OC)c3)c3ccccc23)cc1OC. The molecule has 2 atom stereocenters. The van der Waals surface area contributed by atoms with Gasteiger partial charge in [-0.2, -0.15) is 0 Å². The molecule has 6 rings (SSSR count). The number of benzene rings is 3. The lowest BCUT2D eigenvalue weighted by Crippen LogP contribution is -2.45. The standard InChI is InChI=1S/C36H38N6O6S2/c1-35(17-15-23-11-13-27(45-3)29(19-23)47-5)41(31(43)21-49-35)39-33-25-9-7-8-10-26(25)34(38-37-33)40-42-32(44)22-50-36(42,2)18-16-24-12-14-28(46-4)30(20-24)48-6/h7-20H,21-22H2,1-6H3,(H,37,39)(H,38,40)/b17-15+,18-16+. The van der Waals surface area contributed by atoms with Gasteiger partial charge in [0, 0.05) is 10.8 Å². The van der Waals surface area contributed by atoms with E-state index in [-0.39, 0.29) is 23.3 Å². The molecule has 14 heteroatoms. The van der Waals surface area contributed by atoms with E-state index in [0.29, 0.717) is 34.6 Å². The van der Waals surface area contributed by atoms with Crippen molar-refractivity contribution >= 4 is 69.9 Å². The van der Waals surface area contributed by atoms with Crippen molar-refractivity contribution < 1.29 is 28.5 Å². The fourth-order valence-corrected chi connectivity index (χ4v) is 7.63. The third-order valence-corrected chi connectivity index (χ3v) is 11.1. The number of hydrogen-bond donors (Lipinski definition) is 2. The number of hydrazine groups is 2. The Morgan fingerprint density at radius 1 is 0.640 bits per heavy atom. The molecule has 0 aliphatic carbocycles. The molecule has 2 aliphatic heterocycles. The normalized spacial score (nSPS) is 20.7. The van der Waals surface area contributed by atoms with Crippen LogP contribution in [0.15, 0.2) is 72.8 Å². The summed E-state index contributed by atoms with van der Waals surface area (Å²) in [6, 6.07) is 18.9. The minimum absolute atomic E-state index is 0.0979. The van der Waals surface area contributed by atoms with Gasteiger partial charge in [-0.3, -0.25) is 20.4 Å². The fourth-order valence-electron chi connectivity index (χ4n) is 5.66. The zero-order chi connectivity index (χ0) is 35.5. The van der Waals surface area contributed by atoms with Crippen LogP contribution in [0.3, 0.4) is 0 Å². The molecule has 260 valence electrons. The van der Waals surface area contributed by atoms with Gasteiger partial charge in [-0.1, -0.05) is 48.6 Å². The van der Waals surface area contributed by atoms with Crippen LogP contribution < -0.4 is 29.8 Å². The number of ether oxygens (including phenoxy) is 4. The molecule has 0 bridgehead atoms. The molecule has 2 aliphatic rings. The first-order valence-electron chi connectivity index (χ1n) is 15.7. The van der Waals surface area contributed by atoms with E-state index < -0.39 is 9.74 Å². The van der Waals surface area contributed by atoms with Crippen LogP contribution in [-0.2, 0) is 9.59 Å². The predicted molar refractivity (Wildman–Crippen MR) is 199 cm³/mol. The Balaban J connectivity index is 1.25. The largest absolute Gasteiger partial charge is 0.493 e. The van der Waals surface area contributed by atoms with Gasteiger partial charge < -0.3 is 18.9 Å². The second kappa shape index (κ2) is 14.4. The number of amides is 2. The molecule has 2 unspecified atom stereocenters. The second-order valence-corrected chi connectivity index (χ2v) is 14.5. The summed E-state index contributed by atoms with van der Waals surface area (Å²) in [5.74, 6) is 3.69. The van der Waals surface area contributed by atoms with Crippen LogP contribution in [0.25, 0.3) is 22.9 Å². The van der Waals surface area contributed by atoms with Gasteiger partial charge >= 0.3 is 0 Å². The monoisotopic (exact) mass is 714 g/mol. The Hall–Kier alpha value is -5.08. The Kier molecular flexibility index (Phi) is 10.0. The Labute approximate surface area is 299 Å². The van der Waals surface area contributed by atoms with Crippen molar-refractivity contribution in [2.45, 2.75) is 23.6 Å². The molecule has 0 saturated carbocycles. The van der Waals surface area contributed by atoms with Gasteiger partial charge in [-0.25, -0.2) is 10.0 Å². The topological polar surface area (TPSA) is 127 Å². The molecule has 1 aromatic heterocycles. The van der Waals surface area contributed by atoms with E-state index in [9.17, 15) is 9.59 Å². The first kappa shape index (κ1) is 34.8. The van der Waals surface area contributed by atoms with Gasteiger partial charge in [0.15, 0.2) is 34.6 Å². The molecule has 2 amide bonds. The maximum absolute atomic E-state index is 13.2. The number of aromatic nitrogens is 2. The van der Waals surface area contributed by atoms with E-state index in [2.05, 4.69) is 21.0 Å². The van der Waals surface area contributed by atoms with Crippen LogP contribution in [0, 0.1) is 0 Å². The van der Waals surface area contributed by atoms with Gasteiger partial charge in [0.25, 0.3) is 11.8 Å². The van der Waals surface area contributed by atoms with E-state index in [1.54, 1.807) is 38.5 Å². The Morgan fingerprint density at radius 2 is 1.04 bits per heavy atom. The molecule has 3 heterocycles. The van der Waals surface area contributed by atoms with Crippen LogP contribution in [0.2, 0.25) is 0 Å². The van der Waals surface area contributed by atoms with Crippen LogP contribution in [-0.4, -0.2) is 81.7 Å². The number of carbonyl (C=O) groups excluding carboxylic acids is 2. The van der Waals surface area contributed by atoms with Crippen LogP contribution in [0.4, 0.5) is 11.6 Å². The average molecular weight is 715 g/mol. The first-order chi connectivity index (χ1) is 24.1. The zero-order valence-corrected chi connectivity index (χ0v) is 30.2. The number of hydrogen-bond acceptors (Lipinski definition) is 12. The number of nitrogens with one attached hydrogen (secondary N) is 2. The molecular weight excluding hydrogens is 677 g/mol. The highest BCUT2D eigenvalue weighted by molar-refractivity contribution is 8.02. The summed E-state index contributed by atoms with van der Waals surface area (Å²) in [4.78, 5) is 25.0. The molecule has 12 nitrogen and oxygen atoms in total. The number of methoxy groups -OCH3 is 4. The zero-order valence-electron chi connectivity index (χ0n) is 28.6. The lowest BCUT2D eigenvalue weighted by atomic mass is 10.1. The van der Waals surface area contributed by atoms with Crippen LogP contribution in [0.1, 0.15) is 25.0 Å². The van der Waals surface area contributed by atoms with Crippen molar-refractivity contribution in [2.24, 2.45) is 0 Å². The maximum atomic E-state index is 13.2. The van der Waals surface area contributed by atoms with E-state index in [1.165, 1.54) is 23.5 Å². The van der Waals surface area contributed by atoms with E-state index in [4.69, 9.17) is 18.9 Å². The molecular formula is C36H38N6O6S2. The maximum Gasteiger partial charge on any atom is 0.252 e. The molecule has 4 aromatic rings. The second-order valence-electron chi connectivity index (χ2n) is 11.7. The minimum Gasteiger partial charge on any atom is -0.493 e. The van der Waals surface area contributed by atoms with Crippen molar-refractivity contribution in [2.75, 3.05) is 50.8 Å². The molecule has 0 spiro atoms. The molecule has 3 aromatic carbocycles. The third kappa shape index (κ3) is 6.85. The van der Waals surface area contributed by atoms with Gasteiger partial charge in [0.1, 0.15) is 9.74 Å². The summed E-state index contributed by atoms with van der Waals surface area (Å²) in [7, 11) is 6.37. The van der Waals surface area contributed by atoms with Gasteiger partial charge in [-0.15, -0.1) is 33.7 Å². The lowest BCUT2D eigenvalue weighted by molar-refractivity contribution is -0.128. The van der Waals surface area contributed by atoms with Crippen molar-refractivity contribution in [1.29, 1.82) is 0 Å². The minimum atomic E-state index is -0.731. The number of nitrogens with zero attached hydrogens (tertiary/aromatic N) is 4. The smallest absolute Gasteiger partial charge is 0.252 e. The van der Waals surface area contributed by atoms with Crippen LogP contribution >= 0.6 is 23.5 Å². The lowest BCUT2D eigenvalue weighted by Gasteiger charge is -2.33. The number of fused-ring (bicyclic) bond motifs is 1. The quantitative estimate of drug-likeness (QED) is 0.170. The van der Waals surface area contributed by atoms with E-state index >= 15 is 0 Å². The van der Waals surface area contributed by atoms with Crippen molar-refractivity contribution in [1.82, 2.24) is 20.2 Å². The summed E-state index contributed by atoms with van der Waals surface area (Å²) >= 11 is 3.00. The molecule has 2 fully saturated rings. The molecule has 0 radical (unpaired) electrons. The molecule has 2 N–H and O–H groups in total. The summed E-state index contributed by atoms with van der Waals surface area (Å²) in [5.41, 5.74) is 8.29. The number of thioether (sulfide) groups is 2. The molecule has 2 saturated heterocycles. The number of carbonyl (C=O) groups is 2. The Bertz CT molecular complexity index is 1850. The van der Waals surface area contributed by atoms with Gasteiger partial charge in [-0.05, 0) is 61.4 Å². The first-order valence-corrected chi connectivity index (χ1v) is 17.6. The van der Waals surface area contributed by atoms with Gasteiger partial charge in [0.2, 0.25) is 0 Å². The van der Waals surface area contributed by atoms with Crippen molar-refractivity contribution in [3.8, 4) is 23.0 Å². The summed E-state index contributed by atoms with van der Waals surface area (Å²) in [6.45, 7) is 3.93. The van der Waals surface area contributed by atoms with Crippen molar-refractivity contribution in [3.63, 3.8) is 0 Å². The summed E-state index contributed by atoms with van der Waals surface area (Å²) in [5, 5.41) is 13.6. The van der Waals surface area contributed by atoms with E-state index in [1.807, 2.05) is 98.8 Å². The summed E-state index contributed by atoms with van der Waals surface area (Å²) < 4.78 is 21.6. The highest BCUT2D eigenvalue weighted by atomic mass is 32.2. The highest BCUT2D eigenvalue weighted by Gasteiger charge is 2.43.